The van der Waals surface area contributed by atoms with Crippen LogP contribution >= 0.6 is 69.6 Å². The molecule has 16 aromatic rings. The van der Waals surface area contributed by atoms with Gasteiger partial charge in [0.05, 0.1) is 66.2 Å². The fraction of sp³-hybridized carbons (Fsp3) is 0. The van der Waals surface area contributed by atoms with Crippen molar-refractivity contribution in [2.45, 2.75) is 39.2 Å². The van der Waals surface area contributed by atoms with Crippen molar-refractivity contribution >= 4 is 320 Å². The van der Waals surface area contributed by atoms with Crippen molar-refractivity contribution in [2.75, 3.05) is 31.9 Å². The predicted molar refractivity (Wildman–Crippen MR) is 434 cm³/mol. The number of aromatic amines is 6. The molecule has 10 aromatic heterocycles. The van der Waals surface area contributed by atoms with Gasteiger partial charge in [0.2, 0.25) is 103 Å². The summed E-state index contributed by atoms with van der Waals surface area (Å²) < 4.78 is 292. The first-order valence-corrected chi connectivity index (χ1v) is 45.0. The molecule has 20 N–H and O–H groups in total. The summed E-state index contributed by atoms with van der Waals surface area (Å²) in [5.74, 6) is -7.55. The van der Waals surface area contributed by atoms with E-state index in [9.17, 15) is 104 Å². The van der Waals surface area contributed by atoms with Crippen molar-refractivity contribution in [1.82, 2.24) is 89.7 Å². The normalized spacial score (nSPS) is 14.0. The van der Waals surface area contributed by atoms with Crippen molar-refractivity contribution in [2.24, 2.45) is 30.0 Å². The minimum absolute atomic E-state index is 0.187. The average Bonchev–Trinajstić information content (AvgIpc) is 0.772. The lowest BCUT2D eigenvalue weighted by molar-refractivity contribution is 0.477. The highest BCUT2D eigenvalue weighted by Crippen LogP contribution is 2.32. The second-order valence-corrected chi connectivity index (χ2v) is 36.5. The Morgan fingerprint density at radius 1 is 0.197 bits per heavy atom. The average molecular weight is 1960 g/mol. The Bertz CT molecular complexity index is 7520. The van der Waals surface area contributed by atoms with Crippen LogP contribution in [-0.4, -0.2) is 225 Å². The van der Waals surface area contributed by atoms with Gasteiger partial charge in [0.25, 0.3) is 80.9 Å². The zero-order valence-corrected chi connectivity index (χ0v) is 69.0. The van der Waals surface area contributed by atoms with E-state index in [1.807, 2.05) is 0 Å². The van der Waals surface area contributed by atoms with Gasteiger partial charge in [-0.15, -0.1) is 0 Å². The molecule has 122 heavy (non-hydrogen) atoms. The van der Waals surface area contributed by atoms with Crippen LogP contribution in [0.1, 0.15) is 0 Å². The second-order valence-electron chi connectivity index (χ2n) is 23.3. The van der Waals surface area contributed by atoms with Gasteiger partial charge in [-0.2, -0.15) is 97.3 Å². The molecule has 636 valence electrons. The lowest BCUT2D eigenvalue weighted by Gasteiger charge is -2.10. The van der Waals surface area contributed by atoms with Crippen LogP contribution in [0.4, 0.5) is 71.4 Å². The first-order valence-electron chi connectivity index (χ1n) is 31.2. The minimum atomic E-state index is -5.60. The molecule has 0 radical (unpaired) electrons. The molecular formula is C54H36Cl6N30O24S8. The van der Waals surface area contributed by atoms with Crippen LogP contribution in [0.3, 0.4) is 0 Å². The third-order valence-electron chi connectivity index (χ3n) is 14.8. The standard InChI is InChI=1S/C54H36Cl6N30O24S8/c55-37-73-43-61-17-1-5-21(29(9-17)115(91,92)93)65-47-77-39(57)81-51(87-47)69-25-13-26(34(120(106,107)108)15-33(25)119(103,104)105)70-52-82-41(59)79-49(89-52)67-23-7-3-19(11-31(23)117(97,98)99)63-45-75-38(56)76-46(86-45)64-20-4-8-24(32(12-20)118(100,101)102)68-50-80-42(60)84-54(90-50)72-28-14-27(35(121(109,110)111)16-36(28)122(112,113)114)71-53-83-40(58)78-48(88-53)66-22-6-2-18(62-44(74-37)85-43)10-30(22)116(94,95)96/h1-16H,(H,91,92,93)(H,94,95,96)(H,97,98,99)(H,100,101,102)(H,103,104,105)(H,106,107,108)(H,109,110,111)(H,112,113,114)(H2,61,62,73,74,85)(H2,63,64,75,76,86)(H2,65,69,77,81,87)(H2,66,71,78,83,88)(H2,67,70,79,82,89)(H2,68,72,80,84,90). The maximum absolute atomic E-state index is 13.0. The summed E-state index contributed by atoms with van der Waals surface area (Å²) in [6, 6.07) is 12.4. The lowest BCUT2D eigenvalue weighted by Crippen LogP contribution is -2.12. The van der Waals surface area contributed by atoms with Crippen LogP contribution in [0.2, 0.25) is 0 Å². The molecule has 0 fully saturated rings. The SMILES string of the molecule is O=S(=O)(O)c1cc2ccc1nc1[nH]c(nc3cc(nc4[nH]c(nc5ccc(cc5S(=O)(=O)O)nc5[nH]c(nc6ccc(nc7[nH]c(nc8cc(nc9[nH]c(nc%10ccc(cc%10S(=O)(=O)O)nc%10[nH]c(n2)N=C(Cl)N%10)N=C(Cl)N9)c(S(=O)(=O)O)cc8S(=O)(=O)O)NC(Cl)=N7)c(S(=O)(=O)O)c6)NC(Cl)=N5)N=C(Cl)N4)c(S(=O)(=O)O)cc3S(=O)(=O)O)NC(Cl)=N1. The summed E-state index contributed by atoms with van der Waals surface area (Å²) in [6.07, 6.45) is 0. The molecule has 16 heterocycles. The number of rotatable bonds is 8. The molecule has 0 saturated heterocycles. The molecular weight excluding hydrogens is 1920 g/mol. The van der Waals surface area contributed by atoms with E-state index in [0.717, 1.165) is 72.8 Å². The summed E-state index contributed by atoms with van der Waals surface area (Å²) in [5.41, 5.74) is -7.86. The Morgan fingerprint density at radius 3 is 0.549 bits per heavy atom. The second kappa shape index (κ2) is 33.1. The Balaban J connectivity index is 1.06. The molecule has 6 aliphatic rings. The van der Waals surface area contributed by atoms with Gasteiger partial charge in [-0.05, 0) is 167 Å². The molecule has 0 amide bonds. The largest absolute Gasteiger partial charge is 0.300 e. The van der Waals surface area contributed by atoms with Crippen LogP contribution in [0.25, 0.3) is 66.2 Å². The molecule has 22 rings (SSSR count). The van der Waals surface area contributed by atoms with Crippen molar-refractivity contribution in [3.63, 3.8) is 0 Å². The third kappa shape index (κ3) is 21.5. The maximum Gasteiger partial charge on any atom is 0.296 e. The van der Waals surface area contributed by atoms with E-state index < -0.39 is 267 Å². The first-order chi connectivity index (χ1) is 56.7. The van der Waals surface area contributed by atoms with Crippen LogP contribution in [0, 0.1) is 0 Å². The minimum Gasteiger partial charge on any atom is -0.300 e. The van der Waals surface area contributed by atoms with Crippen LogP contribution in [0.5, 0.6) is 0 Å². The number of hydrogen-bond donors (Lipinski definition) is 20. The fourth-order valence-electron chi connectivity index (χ4n) is 10.1. The molecule has 0 aliphatic carbocycles. The van der Waals surface area contributed by atoms with E-state index in [0.29, 0.717) is 12.1 Å². The summed E-state index contributed by atoms with van der Waals surface area (Å²) in [7, 11) is -43.8. The van der Waals surface area contributed by atoms with Crippen LogP contribution < -0.4 is 31.9 Å². The van der Waals surface area contributed by atoms with Gasteiger partial charge in [-0.3, -0.25) is 66.3 Å². The Morgan fingerprint density at radius 2 is 0.361 bits per heavy atom. The highest BCUT2D eigenvalue weighted by molar-refractivity contribution is 7.88. The number of halogens is 6. The predicted octanol–water partition coefficient (Wildman–Crippen LogP) is 7.01. The molecule has 6 aromatic carbocycles. The van der Waals surface area contributed by atoms with E-state index in [1.165, 1.54) is 0 Å². The zero-order chi connectivity index (χ0) is 88.5. The summed E-state index contributed by atoms with van der Waals surface area (Å²) >= 11 is 37.7. The quantitative estimate of drug-likeness (QED) is 0.0537. The summed E-state index contributed by atoms with van der Waals surface area (Å²) in [5, 5.41) is 10.6. The van der Waals surface area contributed by atoms with Crippen molar-refractivity contribution in [1.29, 1.82) is 0 Å². The molecule has 0 spiro atoms. The van der Waals surface area contributed by atoms with Gasteiger partial charge in [-0.1, -0.05) is 0 Å². The highest BCUT2D eigenvalue weighted by atomic mass is 35.5. The van der Waals surface area contributed by atoms with E-state index in [2.05, 4.69) is 152 Å². The van der Waals surface area contributed by atoms with E-state index >= 15 is 0 Å². The monoisotopic (exact) mass is 1950 g/mol. The van der Waals surface area contributed by atoms with Gasteiger partial charge in [-0.25, -0.2) is 59.8 Å². The van der Waals surface area contributed by atoms with E-state index in [1.54, 1.807) is 0 Å². The Kier molecular flexibility index (Phi) is 23.8. The van der Waals surface area contributed by atoms with Crippen molar-refractivity contribution in [3.8, 4) is 0 Å². The smallest absolute Gasteiger partial charge is 0.296 e. The summed E-state index contributed by atoms with van der Waals surface area (Å²) in [4.78, 5) is 77.9. The number of benzene rings is 6. The Labute approximate surface area is 706 Å². The lowest BCUT2D eigenvalue weighted by atomic mass is 10.3. The number of nitrogens with one attached hydrogen (secondary N) is 12. The number of hydrogen-bond acceptors (Lipinski definition) is 40. The third-order valence-corrected chi connectivity index (χ3v) is 22.9. The molecule has 54 nitrogen and oxygen atoms in total. The molecule has 0 saturated carbocycles. The van der Waals surface area contributed by atoms with E-state index in [-0.39, 0.29) is 34.2 Å². The van der Waals surface area contributed by atoms with E-state index in [4.69, 9.17) is 69.6 Å². The van der Waals surface area contributed by atoms with Gasteiger partial charge in [0.1, 0.15) is 39.2 Å². The number of aliphatic imine (C=N–C) groups is 6. The van der Waals surface area contributed by atoms with Gasteiger partial charge in [0, 0.05) is 0 Å². The Hall–Kier alpha value is -12.0. The first kappa shape index (κ1) is 87.8. The number of aromatic nitrogens is 18. The zero-order valence-electron chi connectivity index (χ0n) is 57.9. The number of anilines is 6. The number of H-pyrrole nitrogens is 6. The topological polar surface area (TPSA) is 831 Å². The van der Waals surface area contributed by atoms with Gasteiger partial charge >= 0.3 is 0 Å². The molecule has 24 bridgehead atoms. The summed E-state index contributed by atoms with van der Waals surface area (Å²) in [6.45, 7) is 0. The van der Waals surface area contributed by atoms with Crippen LogP contribution in [-0.2, 0) is 80.9 Å². The van der Waals surface area contributed by atoms with Crippen molar-refractivity contribution in [3.05, 3.63) is 97.1 Å². The molecule has 68 heteroatoms. The van der Waals surface area contributed by atoms with Crippen LogP contribution in [0.15, 0.2) is 166 Å². The van der Waals surface area contributed by atoms with Crippen molar-refractivity contribution < 1.29 is 104 Å². The number of nitrogens with zero attached hydrogens (tertiary/aromatic N) is 18. The molecule has 0 atom stereocenters. The fourth-order valence-corrected chi connectivity index (χ4v) is 16.4. The maximum atomic E-state index is 13.0. The highest BCUT2D eigenvalue weighted by Gasteiger charge is 2.28. The van der Waals surface area contributed by atoms with Gasteiger partial charge < -0.3 is 31.9 Å². The van der Waals surface area contributed by atoms with Gasteiger partial charge in [0.15, 0.2) is 0 Å². The number of amidine groups is 6. The molecule has 0 unspecified atom stereocenters. The molecule has 6 aliphatic heterocycles.